The molecule has 0 bridgehead atoms. The van der Waals surface area contributed by atoms with Crippen molar-refractivity contribution >= 4 is 35.7 Å². The van der Waals surface area contributed by atoms with Crippen LogP contribution < -0.4 is 11.1 Å². The Morgan fingerprint density at radius 3 is 2.03 bits per heavy atom. The lowest BCUT2D eigenvalue weighted by atomic mass is 9.89. The third kappa shape index (κ3) is 6.39. The van der Waals surface area contributed by atoms with Crippen LogP contribution in [0.5, 0.6) is 0 Å². The molecular weight excluding hydrogens is 474 g/mol. The molecule has 1 heterocycles. The van der Waals surface area contributed by atoms with Crippen LogP contribution in [-0.4, -0.2) is 60.8 Å². The van der Waals surface area contributed by atoms with Gasteiger partial charge in [0.05, 0.1) is 5.92 Å². The number of thioether (sulfide) groups is 1. The lowest BCUT2D eigenvalue weighted by molar-refractivity contribution is -0.165. The molecule has 11 nitrogen and oxygen atoms in total. The number of hydrogen-bond acceptors (Lipinski definition) is 10. The Labute approximate surface area is 210 Å². The standard InChI is InChI=1S/C23H37N5O6S/c1-20(2,3)32-15(29)13-12-11(35-18-25-17(24)27-28-18)10-23(14(12)13,16(30)33-21(4,5)6)26-19(31)34-22(7,8)9/h11-14H,10H2,1-9H3,(H,26,31)(H3,24,25,27,28)/t11-,12-,13-,14-,23-/m0/s1. The van der Waals surface area contributed by atoms with Crippen LogP contribution in [0.1, 0.15) is 68.7 Å². The van der Waals surface area contributed by atoms with Gasteiger partial charge in [0.15, 0.2) is 5.16 Å². The van der Waals surface area contributed by atoms with E-state index in [1.165, 1.54) is 11.8 Å². The molecule has 2 saturated carbocycles. The van der Waals surface area contributed by atoms with Crippen LogP contribution >= 0.6 is 11.8 Å². The van der Waals surface area contributed by atoms with E-state index in [4.69, 9.17) is 19.9 Å². The number of esters is 2. The summed E-state index contributed by atoms with van der Waals surface area (Å²) in [5, 5.41) is 10.8. The molecule has 0 radical (unpaired) electrons. The zero-order valence-corrected chi connectivity index (χ0v) is 22.7. The normalized spacial score (nSPS) is 28.1. The predicted molar refractivity (Wildman–Crippen MR) is 129 cm³/mol. The lowest BCUT2D eigenvalue weighted by Gasteiger charge is -2.35. The number of aromatic amines is 1. The van der Waals surface area contributed by atoms with Gasteiger partial charge >= 0.3 is 18.0 Å². The molecule has 2 fully saturated rings. The number of nitrogens with zero attached hydrogens (tertiary/aromatic N) is 2. The van der Waals surface area contributed by atoms with Crippen molar-refractivity contribution in [2.24, 2.45) is 17.8 Å². The minimum atomic E-state index is -1.48. The topological polar surface area (TPSA) is 159 Å². The number of carbonyl (C=O) groups excluding carboxylic acids is 3. The van der Waals surface area contributed by atoms with Gasteiger partial charge in [0, 0.05) is 11.2 Å². The molecule has 0 saturated heterocycles. The van der Waals surface area contributed by atoms with Crippen LogP contribution in [0.4, 0.5) is 10.7 Å². The summed E-state index contributed by atoms with van der Waals surface area (Å²) < 4.78 is 16.9. The molecule has 1 amide bonds. The van der Waals surface area contributed by atoms with E-state index < -0.39 is 52.2 Å². The summed E-state index contributed by atoms with van der Waals surface area (Å²) in [5.74, 6) is -2.28. The zero-order chi connectivity index (χ0) is 26.6. The Kier molecular flexibility index (Phi) is 6.86. The number of H-pyrrole nitrogens is 1. The second-order valence-electron chi connectivity index (χ2n) is 12.1. The molecule has 4 N–H and O–H groups in total. The van der Waals surface area contributed by atoms with Gasteiger partial charge in [-0.05, 0) is 74.7 Å². The molecule has 0 unspecified atom stereocenters. The maximum absolute atomic E-state index is 13.7. The number of amides is 1. The zero-order valence-electron chi connectivity index (χ0n) is 21.8. The third-order valence-electron chi connectivity index (χ3n) is 5.51. The van der Waals surface area contributed by atoms with Crippen LogP contribution in [0.25, 0.3) is 0 Å². The van der Waals surface area contributed by atoms with E-state index in [1.807, 2.05) is 0 Å². The fourth-order valence-electron chi connectivity index (χ4n) is 4.53. The van der Waals surface area contributed by atoms with Gasteiger partial charge in [0.25, 0.3) is 0 Å². The molecule has 12 heteroatoms. The summed E-state index contributed by atoms with van der Waals surface area (Å²) in [7, 11) is 0. The molecule has 1 aromatic heterocycles. The van der Waals surface area contributed by atoms with E-state index in [9.17, 15) is 14.4 Å². The summed E-state index contributed by atoms with van der Waals surface area (Å²) in [4.78, 5) is 42.6. The summed E-state index contributed by atoms with van der Waals surface area (Å²) in [6.07, 6.45) is -0.548. The number of alkyl carbamates (subject to hydrolysis) is 1. The second kappa shape index (κ2) is 8.86. The van der Waals surface area contributed by atoms with Crippen molar-refractivity contribution in [1.82, 2.24) is 20.5 Å². The molecule has 3 rings (SSSR count). The van der Waals surface area contributed by atoms with Crippen LogP contribution in [0.15, 0.2) is 5.16 Å². The van der Waals surface area contributed by atoms with E-state index in [1.54, 1.807) is 62.3 Å². The van der Waals surface area contributed by atoms with Gasteiger partial charge in [-0.25, -0.2) is 9.59 Å². The first-order valence-electron chi connectivity index (χ1n) is 11.6. The van der Waals surface area contributed by atoms with E-state index in [2.05, 4.69) is 20.5 Å². The van der Waals surface area contributed by atoms with Crippen molar-refractivity contribution in [2.75, 3.05) is 5.73 Å². The number of nitrogens with two attached hydrogens (primary N) is 1. The molecule has 5 atom stereocenters. The van der Waals surface area contributed by atoms with Crippen molar-refractivity contribution in [2.45, 2.75) is 101 Å². The van der Waals surface area contributed by atoms with Crippen LogP contribution in [0.3, 0.4) is 0 Å². The van der Waals surface area contributed by atoms with Gasteiger partial charge in [-0.1, -0.05) is 11.8 Å². The Morgan fingerprint density at radius 1 is 0.971 bits per heavy atom. The number of carbonyl (C=O) groups is 3. The highest BCUT2D eigenvalue weighted by Gasteiger charge is 2.77. The van der Waals surface area contributed by atoms with Crippen molar-refractivity contribution in [1.29, 1.82) is 0 Å². The van der Waals surface area contributed by atoms with Crippen LogP contribution in [-0.2, 0) is 23.8 Å². The molecule has 196 valence electrons. The van der Waals surface area contributed by atoms with E-state index in [0.717, 1.165) is 0 Å². The number of anilines is 1. The molecule has 2 aliphatic carbocycles. The Morgan fingerprint density at radius 2 is 1.54 bits per heavy atom. The molecule has 1 aromatic rings. The first-order valence-corrected chi connectivity index (χ1v) is 12.5. The molecule has 0 aliphatic heterocycles. The van der Waals surface area contributed by atoms with Crippen molar-refractivity contribution in [3.8, 4) is 0 Å². The smallest absolute Gasteiger partial charge is 0.408 e. The first kappa shape index (κ1) is 27.1. The fraction of sp³-hybridized carbons (Fsp3) is 0.783. The molecular formula is C23H37N5O6S. The summed E-state index contributed by atoms with van der Waals surface area (Å²) in [6, 6.07) is 0. The quantitative estimate of drug-likeness (QED) is 0.396. The highest BCUT2D eigenvalue weighted by molar-refractivity contribution is 7.99. The van der Waals surface area contributed by atoms with Crippen LogP contribution in [0.2, 0.25) is 0 Å². The maximum Gasteiger partial charge on any atom is 0.408 e. The number of hydrogen-bond donors (Lipinski definition) is 3. The van der Waals surface area contributed by atoms with Gasteiger partial charge < -0.3 is 30.2 Å². The molecule has 0 spiro atoms. The molecule has 35 heavy (non-hydrogen) atoms. The van der Waals surface area contributed by atoms with Crippen LogP contribution in [0, 0.1) is 17.8 Å². The predicted octanol–water partition coefficient (Wildman–Crippen LogP) is 3.06. The Balaban J connectivity index is 1.99. The number of nitrogens with one attached hydrogen (secondary N) is 2. The highest BCUT2D eigenvalue weighted by Crippen LogP contribution is 2.66. The SMILES string of the molecule is CC(C)(C)OC(=O)N[C@@]1(C(=O)OC(C)(C)C)C[C@H](Sc2nnc(N)[nH]2)[C@H]2[C@H](C(=O)OC(C)(C)C)[C@H]21. The minimum absolute atomic E-state index is 0.159. The van der Waals surface area contributed by atoms with E-state index in [0.29, 0.717) is 5.16 Å². The monoisotopic (exact) mass is 511 g/mol. The Hall–Kier alpha value is -2.50. The van der Waals surface area contributed by atoms with Gasteiger partial charge in [-0.15, -0.1) is 10.2 Å². The Bertz CT molecular complexity index is 992. The van der Waals surface area contributed by atoms with Gasteiger partial charge in [-0.3, -0.25) is 4.79 Å². The van der Waals surface area contributed by atoms with Gasteiger partial charge in [-0.2, -0.15) is 0 Å². The van der Waals surface area contributed by atoms with E-state index >= 15 is 0 Å². The van der Waals surface area contributed by atoms with Crippen molar-refractivity contribution in [3.63, 3.8) is 0 Å². The number of ether oxygens (including phenoxy) is 3. The lowest BCUT2D eigenvalue weighted by Crippen LogP contribution is -2.59. The van der Waals surface area contributed by atoms with E-state index in [-0.39, 0.29) is 23.5 Å². The molecule has 0 aromatic carbocycles. The fourth-order valence-corrected chi connectivity index (χ4v) is 5.91. The number of fused-ring (bicyclic) bond motifs is 1. The largest absolute Gasteiger partial charge is 0.460 e. The van der Waals surface area contributed by atoms with Gasteiger partial charge in [0.1, 0.15) is 22.3 Å². The minimum Gasteiger partial charge on any atom is -0.460 e. The van der Waals surface area contributed by atoms with Gasteiger partial charge in [0.2, 0.25) is 5.95 Å². The average molecular weight is 512 g/mol. The van der Waals surface area contributed by atoms with Crippen molar-refractivity contribution in [3.05, 3.63) is 0 Å². The number of aromatic nitrogens is 3. The summed E-state index contributed by atoms with van der Waals surface area (Å²) >= 11 is 1.32. The first-order chi connectivity index (χ1) is 15.8. The number of rotatable bonds is 5. The number of nitrogen functional groups attached to an aromatic ring is 1. The second-order valence-corrected chi connectivity index (χ2v) is 13.4. The third-order valence-corrected chi connectivity index (χ3v) is 6.70. The molecule has 2 aliphatic rings. The average Bonchev–Trinajstić information content (AvgIpc) is 3.13. The van der Waals surface area contributed by atoms with Crippen molar-refractivity contribution < 1.29 is 28.6 Å². The summed E-state index contributed by atoms with van der Waals surface area (Å²) in [5.41, 5.74) is 1.90. The maximum atomic E-state index is 13.7. The highest BCUT2D eigenvalue weighted by atomic mass is 32.2. The summed E-state index contributed by atoms with van der Waals surface area (Å²) in [6.45, 7) is 15.8.